The van der Waals surface area contributed by atoms with Crippen LogP contribution < -0.4 is 10.3 Å². The van der Waals surface area contributed by atoms with Crippen LogP contribution in [0.3, 0.4) is 0 Å². The standard InChI is InChI=1S/C16H20BFN2O3/c1-15(2)16(3,4)23-17(22-15)13-10-20(14(19-13)21-5)12-9-7-6-8-11(12)18/h6-10H,1-5H3. The first-order chi connectivity index (χ1) is 10.7. The summed E-state index contributed by atoms with van der Waals surface area (Å²) in [5.74, 6) is -0.358. The van der Waals surface area contributed by atoms with Gasteiger partial charge < -0.3 is 14.0 Å². The monoisotopic (exact) mass is 318 g/mol. The quantitative estimate of drug-likeness (QED) is 0.815. The molecule has 0 saturated carbocycles. The summed E-state index contributed by atoms with van der Waals surface area (Å²) in [6.45, 7) is 7.88. The third kappa shape index (κ3) is 2.64. The fourth-order valence-corrected chi connectivity index (χ4v) is 2.42. The van der Waals surface area contributed by atoms with Crippen molar-refractivity contribution in [1.29, 1.82) is 0 Å². The number of ether oxygens (including phenoxy) is 1. The van der Waals surface area contributed by atoms with E-state index in [1.807, 2.05) is 27.7 Å². The number of halogens is 1. The first kappa shape index (κ1) is 16.0. The zero-order valence-electron chi connectivity index (χ0n) is 14.0. The number of nitrogens with zero attached hydrogens (tertiary/aromatic N) is 2. The van der Waals surface area contributed by atoms with E-state index in [0.29, 0.717) is 11.3 Å². The van der Waals surface area contributed by atoms with Crippen LogP contribution in [-0.4, -0.2) is 35.0 Å². The Morgan fingerprint density at radius 2 is 1.74 bits per heavy atom. The van der Waals surface area contributed by atoms with Gasteiger partial charge in [-0.25, -0.2) is 9.37 Å². The van der Waals surface area contributed by atoms with Crippen molar-refractivity contribution in [3.05, 3.63) is 36.3 Å². The van der Waals surface area contributed by atoms with E-state index in [4.69, 9.17) is 14.0 Å². The van der Waals surface area contributed by atoms with E-state index in [1.54, 1.807) is 29.0 Å². The normalized spacial score (nSPS) is 19.1. The molecule has 0 aliphatic carbocycles. The molecule has 1 fully saturated rings. The van der Waals surface area contributed by atoms with Crippen LogP contribution in [0, 0.1) is 5.82 Å². The molecular weight excluding hydrogens is 298 g/mol. The fourth-order valence-electron chi connectivity index (χ4n) is 2.42. The summed E-state index contributed by atoms with van der Waals surface area (Å²) in [5, 5.41) is 0. The van der Waals surface area contributed by atoms with E-state index in [2.05, 4.69) is 4.98 Å². The van der Waals surface area contributed by atoms with Crippen LogP contribution in [0.5, 0.6) is 6.01 Å². The van der Waals surface area contributed by atoms with Gasteiger partial charge in [0.2, 0.25) is 0 Å². The lowest BCUT2D eigenvalue weighted by molar-refractivity contribution is 0.00578. The largest absolute Gasteiger partial charge is 0.516 e. The molecule has 3 rings (SSSR count). The lowest BCUT2D eigenvalue weighted by atomic mass is 9.86. The Labute approximate surface area is 135 Å². The second kappa shape index (κ2) is 5.35. The molecule has 0 spiro atoms. The van der Waals surface area contributed by atoms with E-state index in [-0.39, 0.29) is 11.8 Å². The van der Waals surface area contributed by atoms with Crippen LogP contribution >= 0.6 is 0 Å². The SMILES string of the molecule is COc1nc(B2OC(C)(C)C(C)(C)O2)cn1-c1ccccc1F. The smallest absolute Gasteiger partial charge is 0.468 e. The molecule has 0 bridgehead atoms. The highest BCUT2D eigenvalue weighted by molar-refractivity contribution is 6.61. The summed E-state index contributed by atoms with van der Waals surface area (Å²) < 4.78 is 32.8. The van der Waals surface area contributed by atoms with E-state index >= 15 is 0 Å². The van der Waals surface area contributed by atoms with Crippen molar-refractivity contribution in [3.8, 4) is 11.7 Å². The van der Waals surface area contributed by atoms with E-state index in [0.717, 1.165) is 0 Å². The number of hydrogen-bond acceptors (Lipinski definition) is 4. The Bertz CT molecular complexity index is 714. The summed E-state index contributed by atoms with van der Waals surface area (Å²) in [6, 6.07) is 6.72. The second-order valence-corrected chi connectivity index (χ2v) is 6.56. The maximum Gasteiger partial charge on any atom is 0.516 e. The molecule has 0 unspecified atom stereocenters. The molecule has 0 N–H and O–H groups in total. The molecule has 7 heteroatoms. The summed E-state index contributed by atoms with van der Waals surface area (Å²) in [7, 11) is 0.871. The first-order valence-electron chi connectivity index (χ1n) is 7.49. The maximum absolute atomic E-state index is 14.1. The van der Waals surface area contributed by atoms with E-state index in [1.165, 1.54) is 13.2 Å². The number of para-hydroxylation sites is 1. The maximum atomic E-state index is 14.1. The number of aromatic nitrogens is 2. The third-order valence-electron chi connectivity index (χ3n) is 4.48. The average molecular weight is 318 g/mol. The van der Waals surface area contributed by atoms with Crippen molar-refractivity contribution in [2.45, 2.75) is 38.9 Å². The Kier molecular flexibility index (Phi) is 3.73. The van der Waals surface area contributed by atoms with Crippen molar-refractivity contribution in [3.63, 3.8) is 0 Å². The van der Waals surface area contributed by atoms with Gasteiger partial charge in [-0.2, -0.15) is 0 Å². The van der Waals surface area contributed by atoms with Crippen LogP contribution in [0.2, 0.25) is 0 Å². The lowest BCUT2D eigenvalue weighted by Crippen LogP contribution is -2.41. The average Bonchev–Trinajstić information content (AvgIpc) is 2.98. The van der Waals surface area contributed by atoms with Crippen LogP contribution in [0.1, 0.15) is 27.7 Å². The second-order valence-electron chi connectivity index (χ2n) is 6.56. The fraction of sp³-hybridized carbons (Fsp3) is 0.438. The minimum Gasteiger partial charge on any atom is -0.468 e. The highest BCUT2D eigenvalue weighted by atomic mass is 19.1. The van der Waals surface area contributed by atoms with Crippen LogP contribution in [-0.2, 0) is 9.31 Å². The van der Waals surface area contributed by atoms with E-state index in [9.17, 15) is 4.39 Å². The zero-order valence-corrected chi connectivity index (χ0v) is 14.0. The van der Waals surface area contributed by atoms with Crippen LogP contribution in [0.4, 0.5) is 4.39 Å². The summed E-state index contributed by atoms with van der Waals surface area (Å²) in [6.07, 6.45) is 1.68. The van der Waals surface area contributed by atoms with Crippen molar-refractivity contribution in [2.75, 3.05) is 7.11 Å². The van der Waals surface area contributed by atoms with Crippen molar-refractivity contribution < 1.29 is 18.4 Å². The highest BCUT2D eigenvalue weighted by Crippen LogP contribution is 2.36. The van der Waals surface area contributed by atoms with Gasteiger partial charge >= 0.3 is 7.12 Å². The van der Waals surface area contributed by atoms with Gasteiger partial charge in [-0.3, -0.25) is 4.57 Å². The molecule has 1 aromatic heterocycles. The first-order valence-corrected chi connectivity index (χ1v) is 7.49. The molecule has 0 atom stereocenters. The van der Waals surface area contributed by atoms with Crippen molar-refractivity contribution in [2.24, 2.45) is 0 Å². The lowest BCUT2D eigenvalue weighted by Gasteiger charge is -2.32. The Hall–Kier alpha value is -1.86. The third-order valence-corrected chi connectivity index (χ3v) is 4.48. The Balaban J connectivity index is 2.00. The number of rotatable bonds is 3. The molecule has 1 aromatic carbocycles. The number of imidazole rings is 1. The molecule has 2 aromatic rings. The summed E-state index contributed by atoms with van der Waals surface area (Å²) >= 11 is 0. The minimum atomic E-state index is -0.623. The van der Waals surface area contributed by atoms with Gasteiger partial charge in [0.25, 0.3) is 6.01 Å². The number of methoxy groups -OCH3 is 1. The minimum absolute atomic E-state index is 0.278. The molecule has 5 nitrogen and oxygen atoms in total. The Morgan fingerprint density at radius 3 is 2.30 bits per heavy atom. The molecule has 1 saturated heterocycles. The van der Waals surface area contributed by atoms with Crippen LogP contribution in [0.25, 0.3) is 5.69 Å². The van der Waals surface area contributed by atoms with Gasteiger partial charge in [0.05, 0.1) is 29.6 Å². The van der Waals surface area contributed by atoms with Gasteiger partial charge in [0.15, 0.2) is 0 Å². The molecular formula is C16H20BFN2O3. The molecule has 0 radical (unpaired) electrons. The van der Waals surface area contributed by atoms with Gasteiger partial charge in [-0.1, -0.05) is 12.1 Å². The van der Waals surface area contributed by atoms with Crippen molar-refractivity contribution >= 4 is 12.7 Å². The van der Waals surface area contributed by atoms with Crippen LogP contribution in [0.15, 0.2) is 30.5 Å². The molecule has 2 heterocycles. The predicted octanol–water partition coefficient (Wildman–Crippen LogP) is 2.32. The molecule has 122 valence electrons. The number of hydrogen-bond donors (Lipinski definition) is 0. The molecule has 0 amide bonds. The van der Waals surface area contributed by atoms with E-state index < -0.39 is 18.3 Å². The summed E-state index contributed by atoms with van der Waals surface area (Å²) in [4.78, 5) is 4.38. The molecule has 1 aliphatic rings. The van der Waals surface area contributed by atoms with Crippen molar-refractivity contribution in [1.82, 2.24) is 9.55 Å². The summed E-state index contributed by atoms with van der Waals surface area (Å²) in [5.41, 5.74) is -0.0253. The Morgan fingerprint density at radius 1 is 1.13 bits per heavy atom. The van der Waals surface area contributed by atoms with Gasteiger partial charge in [0, 0.05) is 6.20 Å². The molecule has 23 heavy (non-hydrogen) atoms. The highest BCUT2D eigenvalue weighted by Gasteiger charge is 2.52. The topological polar surface area (TPSA) is 45.5 Å². The predicted molar refractivity (Wildman–Crippen MR) is 85.8 cm³/mol. The number of benzene rings is 1. The van der Waals surface area contributed by atoms with Gasteiger partial charge in [0.1, 0.15) is 5.82 Å². The van der Waals surface area contributed by atoms with Gasteiger partial charge in [-0.05, 0) is 39.8 Å². The molecule has 1 aliphatic heterocycles. The zero-order chi connectivity index (χ0) is 16.8. The van der Waals surface area contributed by atoms with Gasteiger partial charge in [-0.15, -0.1) is 0 Å².